The molecule has 1 heterocycles. The van der Waals surface area contributed by atoms with Crippen molar-refractivity contribution >= 4 is 17.6 Å². The maximum Gasteiger partial charge on any atom is 0.320 e. The summed E-state index contributed by atoms with van der Waals surface area (Å²) in [6, 6.07) is 23.6. The van der Waals surface area contributed by atoms with Gasteiger partial charge in [-0.2, -0.15) is 5.26 Å². The molecule has 5 rings (SSSR count). The van der Waals surface area contributed by atoms with Crippen LogP contribution >= 0.6 is 11.6 Å². The van der Waals surface area contributed by atoms with Crippen LogP contribution in [0.5, 0.6) is 23.0 Å². The summed E-state index contributed by atoms with van der Waals surface area (Å²) in [5.41, 5.74) is 5.98. The van der Waals surface area contributed by atoms with Gasteiger partial charge in [-0.1, -0.05) is 48.0 Å². The molecule has 3 N–H and O–H groups in total. The van der Waals surface area contributed by atoms with Crippen LogP contribution in [0.4, 0.5) is 0 Å². The number of aliphatic hydroxyl groups is 1. The lowest BCUT2D eigenvalue weighted by Gasteiger charge is -2.20. The van der Waals surface area contributed by atoms with E-state index >= 15 is 0 Å². The average molecular weight is 629 g/mol. The van der Waals surface area contributed by atoms with Gasteiger partial charge in [-0.3, -0.25) is 4.79 Å². The van der Waals surface area contributed by atoms with Gasteiger partial charge in [0.2, 0.25) is 0 Å². The summed E-state index contributed by atoms with van der Waals surface area (Å²) in [6.45, 7) is 3.34. The predicted octanol–water partition coefficient (Wildman–Crippen LogP) is 6.04. The molecule has 10 heteroatoms. The molecule has 0 radical (unpaired) electrons. The number of benzene rings is 4. The summed E-state index contributed by atoms with van der Waals surface area (Å²) < 4.78 is 23.8. The first kappa shape index (κ1) is 31.7. The number of nitriles is 1. The van der Waals surface area contributed by atoms with E-state index in [9.17, 15) is 20.3 Å². The minimum Gasteiger partial charge on any atom is -0.488 e. The first-order valence-electron chi connectivity index (χ1n) is 14.5. The number of rotatable bonds is 13. The zero-order chi connectivity index (χ0) is 31.8. The summed E-state index contributed by atoms with van der Waals surface area (Å²) in [5, 5.41) is 31.3. The maximum atomic E-state index is 11.6. The number of halogens is 1. The van der Waals surface area contributed by atoms with Crippen LogP contribution in [0.25, 0.3) is 11.1 Å². The van der Waals surface area contributed by atoms with Crippen LogP contribution in [0.15, 0.2) is 72.8 Å². The van der Waals surface area contributed by atoms with Gasteiger partial charge in [-0.05, 0) is 71.5 Å². The van der Waals surface area contributed by atoms with E-state index in [0.29, 0.717) is 40.9 Å². The van der Waals surface area contributed by atoms with Crippen LogP contribution in [0, 0.1) is 18.3 Å². The minimum absolute atomic E-state index is 0.0477. The van der Waals surface area contributed by atoms with Crippen molar-refractivity contribution in [2.45, 2.75) is 39.1 Å². The second-order valence-corrected chi connectivity index (χ2v) is 10.9. The number of carbonyl (C=O) groups is 1. The van der Waals surface area contributed by atoms with E-state index < -0.39 is 12.0 Å². The zero-order valence-electron chi connectivity index (χ0n) is 24.7. The van der Waals surface area contributed by atoms with E-state index in [4.69, 9.17) is 30.5 Å². The number of hydrogen-bond donors (Lipinski definition) is 3. The molecule has 0 fully saturated rings. The summed E-state index contributed by atoms with van der Waals surface area (Å²) in [5.74, 6) is 1.23. The number of carboxylic acid groups (broad SMARTS) is 1. The molecule has 1 atom stereocenters. The van der Waals surface area contributed by atoms with Crippen molar-refractivity contribution in [3.8, 4) is 40.2 Å². The number of fused-ring (bicyclic) bond motifs is 1. The quantitative estimate of drug-likeness (QED) is 0.162. The molecule has 1 aliphatic rings. The third-order valence-corrected chi connectivity index (χ3v) is 7.80. The lowest BCUT2D eigenvalue weighted by molar-refractivity contribution is -0.140. The topological polar surface area (TPSA) is 130 Å². The lowest BCUT2D eigenvalue weighted by atomic mass is 9.96. The molecule has 4 aromatic carbocycles. The molecule has 0 aliphatic carbocycles. The van der Waals surface area contributed by atoms with E-state index in [0.717, 1.165) is 39.3 Å². The standard InChI is InChI=1S/C35H33ClN2O7/c1-22-26(6-3-7-28(22)25-8-9-31-34(16-25)43-13-12-42-31)21-45-33-17-32(44-20-24-5-2-4-23(14-24)18-37)27(15-29(33)36)19-38-30(10-11-39)35(40)41/h2-9,14-17,30,38-39H,10-13,19-21H2,1H3,(H,40,41). The molecule has 9 nitrogen and oxygen atoms in total. The van der Waals surface area contributed by atoms with Crippen LogP contribution < -0.4 is 24.3 Å². The molecular weight excluding hydrogens is 596 g/mol. The van der Waals surface area contributed by atoms with Crippen molar-refractivity contribution in [3.05, 3.63) is 106 Å². The van der Waals surface area contributed by atoms with Crippen LogP contribution in [0.1, 0.15) is 34.2 Å². The highest BCUT2D eigenvalue weighted by molar-refractivity contribution is 6.32. The van der Waals surface area contributed by atoms with E-state index in [2.05, 4.69) is 11.4 Å². The molecular formula is C35H33ClN2O7. The van der Waals surface area contributed by atoms with Crippen molar-refractivity contribution < 1.29 is 34.0 Å². The fraction of sp³-hybridized carbons (Fsp3) is 0.257. The normalized spacial score (nSPS) is 12.7. The Hall–Kier alpha value is -4.75. The third-order valence-electron chi connectivity index (χ3n) is 7.50. The van der Waals surface area contributed by atoms with E-state index in [-0.39, 0.29) is 32.8 Å². The highest BCUT2D eigenvalue weighted by atomic mass is 35.5. The second-order valence-electron chi connectivity index (χ2n) is 10.5. The molecule has 0 spiro atoms. The highest BCUT2D eigenvalue weighted by Gasteiger charge is 2.19. The van der Waals surface area contributed by atoms with Crippen LogP contribution in [-0.4, -0.2) is 42.0 Å². The van der Waals surface area contributed by atoms with Gasteiger partial charge in [0.05, 0.1) is 16.7 Å². The number of ether oxygens (including phenoxy) is 4. The van der Waals surface area contributed by atoms with Crippen LogP contribution in [0.2, 0.25) is 5.02 Å². The SMILES string of the molecule is Cc1c(COc2cc(OCc3cccc(C#N)c3)c(CNC(CCO)C(=O)O)cc2Cl)cccc1-c1ccc2c(c1)OCCO2. The molecule has 0 saturated carbocycles. The molecule has 232 valence electrons. The van der Waals surface area contributed by atoms with Crippen LogP contribution in [0.3, 0.4) is 0 Å². The first-order valence-corrected chi connectivity index (χ1v) is 14.9. The summed E-state index contributed by atoms with van der Waals surface area (Å²) in [6.07, 6.45) is 0.0477. The molecule has 0 saturated heterocycles. The lowest BCUT2D eigenvalue weighted by Crippen LogP contribution is -2.37. The van der Waals surface area contributed by atoms with Crippen LogP contribution in [-0.2, 0) is 24.6 Å². The minimum atomic E-state index is -1.07. The number of nitrogens with zero attached hydrogens (tertiary/aromatic N) is 1. The first-order chi connectivity index (χ1) is 21.9. The van der Waals surface area contributed by atoms with Gasteiger partial charge in [-0.15, -0.1) is 0 Å². The van der Waals surface area contributed by atoms with Crippen molar-refractivity contribution in [3.63, 3.8) is 0 Å². The Morgan fingerprint density at radius 2 is 1.76 bits per heavy atom. The number of hydrogen-bond acceptors (Lipinski definition) is 8. The third kappa shape index (κ3) is 7.86. The van der Waals surface area contributed by atoms with E-state index in [1.807, 2.05) is 49.4 Å². The Balaban J connectivity index is 1.37. The van der Waals surface area contributed by atoms with Gasteiger partial charge >= 0.3 is 5.97 Å². The molecule has 0 aromatic heterocycles. The van der Waals surface area contributed by atoms with E-state index in [1.165, 1.54) is 0 Å². The van der Waals surface area contributed by atoms with Gasteiger partial charge in [0, 0.05) is 24.8 Å². The molecule has 0 amide bonds. The number of carboxylic acids is 1. The summed E-state index contributed by atoms with van der Waals surface area (Å²) in [7, 11) is 0. The number of aliphatic carboxylic acids is 1. The van der Waals surface area contributed by atoms with Gasteiger partial charge in [0.25, 0.3) is 0 Å². The molecule has 0 bridgehead atoms. The fourth-order valence-electron chi connectivity index (χ4n) is 5.04. The highest BCUT2D eigenvalue weighted by Crippen LogP contribution is 2.37. The van der Waals surface area contributed by atoms with Crippen molar-refractivity contribution in [2.75, 3.05) is 19.8 Å². The largest absolute Gasteiger partial charge is 0.488 e. The van der Waals surface area contributed by atoms with Crippen molar-refractivity contribution in [1.29, 1.82) is 5.26 Å². The number of nitrogens with one attached hydrogen (secondary N) is 1. The smallest absolute Gasteiger partial charge is 0.320 e. The zero-order valence-corrected chi connectivity index (χ0v) is 25.5. The molecule has 45 heavy (non-hydrogen) atoms. The van der Waals surface area contributed by atoms with Gasteiger partial charge in [0.15, 0.2) is 11.5 Å². The fourth-order valence-corrected chi connectivity index (χ4v) is 5.29. The Morgan fingerprint density at radius 3 is 2.53 bits per heavy atom. The Bertz CT molecular complexity index is 1720. The second kappa shape index (κ2) is 14.8. The van der Waals surface area contributed by atoms with Gasteiger partial charge < -0.3 is 34.5 Å². The maximum absolute atomic E-state index is 11.6. The Labute approximate surface area is 266 Å². The van der Waals surface area contributed by atoms with Crippen molar-refractivity contribution in [2.24, 2.45) is 0 Å². The molecule has 4 aromatic rings. The van der Waals surface area contributed by atoms with E-state index in [1.54, 1.807) is 30.3 Å². The van der Waals surface area contributed by atoms with Gasteiger partial charge in [0.1, 0.15) is 44.0 Å². The number of aliphatic hydroxyl groups excluding tert-OH is 1. The molecule has 1 unspecified atom stereocenters. The monoisotopic (exact) mass is 628 g/mol. The predicted molar refractivity (Wildman–Crippen MR) is 169 cm³/mol. The Kier molecular flexibility index (Phi) is 10.4. The van der Waals surface area contributed by atoms with Gasteiger partial charge in [-0.25, -0.2) is 0 Å². The molecule has 1 aliphatic heterocycles. The summed E-state index contributed by atoms with van der Waals surface area (Å²) in [4.78, 5) is 11.6. The summed E-state index contributed by atoms with van der Waals surface area (Å²) >= 11 is 6.67. The Morgan fingerprint density at radius 1 is 0.978 bits per heavy atom. The average Bonchev–Trinajstić information content (AvgIpc) is 3.05. The van der Waals surface area contributed by atoms with Crippen molar-refractivity contribution in [1.82, 2.24) is 5.32 Å².